The van der Waals surface area contributed by atoms with Crippen LogP contribution in [0.5, 0.6) is 11.5 Å². The van der Waals surface area contributed by atoms with Gasteiger partial charge in [-0.3, -0.25) is 9.59 Å². The number of amides is 1. The number of benzene rings is 1. The third-order valence-electron chi connectivity index (χ3n) is 3.88. The van der Waals surface area contributed by atoms with E-state index in [2.05, 4.69) is 0 Å². The molecule has 0 bridgehead atoms. The molecule has 7 nitrogen and oxygen atoms in total. The zero-order valence-corrected chi connectivity index (χ0v) is 14.0. The minimum Gasteiger partial charge on any atom is -0.497 e. The fraction of sp³-hybridized carbons (Fsp3) is 0.294. The Hall–Kier alpha value is -2.96. The van der Waals surface area contributed by atoms with Gasteiger partial charge >= 0.3 is 0 Å². The molecule has 4 N–H and O–H groups in total. The summed E-state index contributed by atoms with van der Waals surface area (Å²) in [4.78, 5) is 24.1. The fourth-order valence-corrected chi connectivity index (χ4v) is 2.85. The van der Waals surface area contributed by atoms with Crippen LogP contribution in [0.1, 0.15) is 25.3 Å². The van der Waals surface area contributed by atoms with Crippen LogP contribution in [0.15, 0.2) is 41.0 Å². The molecule has 0 fully saturated rings. The van der Waals surface area contributed by atoms with Gasteiger partial charge in [0.05, 0.1) is 25.7 Å². The highest BCUT2D eigenvalue weighted by Gasteiger charge is 2.37. The molecule has 1 aromatic carbocycles. The van der Waals surface area contributed by atoms with Gasteiger partial charge < -0.3 is 25.7 Å². The van der Waals surface area contributed by atoms with Crippen molar-refractivity contribution in [2.45, 2.75) is 19.8 Å². The van der Waals surface area contributed by atoms with Crippen molar-refractivity contribution in [2.24, 2.45) is 11.5 Å². The van der Waals surface area contributed by atoms with Crippen LogP contribution in [-0.2, 0) is 14.3 Å². The lowest BCUT2D eigenvalue weighted by Gasteiger charge is -2.29. The molecule has 1 heterocycles. The van der Waals surface area contributed by atoms with Gasteiger partial charge in [-0.05, 0) is 19.9 Å². The first-order valence-corrected chi connectivity index (χ1v) is 7.22. The minimum absolute atomic E-state index is 0.0225. The topological polar surface area (TPSA) is 114 Å². The summed E-state index contributed by atoms with van der Waals surface area (Å²) in [6, 6.07) is 5.07. The Morgan fingerprint density at radius 1 is 1.17 bits per heavy atom. The number of ether oxygens (including phenoxy) is 3. The van der Waals surface area contributed by atoms with E-state index in [4.69, 9.17) is 25.7 Å². The molecule has 2 rings (SSSR count). The van der Waals surface area contributed by atoms with Gasteiger partial charge in [0.1, 0.15) is 17.3 Å². The Morgan fingerprint density at radius 2 is 1.83 bits per heavy atom. The Bertz CT molecular complexity index is 728. The van der Waals surface area contributed by atoms with Crippen LogP contribution in [0.3, 0.4) is 0 Å². The number of primary amides is 1. The second kappa shape index (κ2) is 6.66. The molecule has 1 atom stereocenters. The standard InChI is InChI=1S/C17H20N2O5/c1-8(20)13-9(2)24-17(19)15(16(18)21)14(13)11-6-5-10(22-3)7-12(11)23-4/h5-7,14H,19H2,1-4H3,(H2,18,21). The SMILES string of the molecule is COc1ccc(C2C(C(C)=O)=C(C)OC(N)=C2C(N)=O)c(OC)c1. The number of methoxy groups -OCH3 is 2. The minimum atomic E-state index is -0.769. The number of rotatable bonds is 5. The molecule has 1 aliphatic heterocycles. The van der Waals surface area contributed by atoms with Gasteiger partial charge in [-0.1, -0.05) is 6.07 Å². The molecular weight excluding hydrogens is 312 g/mol. The quantitative estimate of drug-likeness (QED) is 0.841. The number of nitrogens with two attached hydrogens (primary N) is 2. The number of ketones is 1. The zero-order valence-electron chi connectivity index (χ0n) is 14.0. The Kier molecular flexibility index (Phi) is 4.82. The molecule has 0 radical (unpaired) electrons. The van der Waals surface area contributed by atoms with Crippen LogP contribution in [0, 0.1) is 0 Å². The molecule has 0 spiro atoms. The lowest BCUT2D eigenvalue weighted by Crippen LogP contribution is -2.31. The van der Waals surface area contributed by atoms with Crippen molar-refractivity contribution < 1.29 is 23.8 Å². The van der Waals surface area contributed by atoms with Crippen LogP contribution < -0.4 is 20.9 Å². The molecule has 0 aliphatic carbocycles. The average molecular weight is 332 g/mol. The van der Waals surface area contributed by atoms with Gasteiger partial charge in [0, 0.05) is 17.2 Å². The Balaban J connectivity index is 2.75. The maximum atomic E-state index is 12.2. The number of hydrogen-bond acceptors (Lipinski definition) is 6. The summed E-state index contributed by atoms with van der Waals surface area (Å²) >= 11 is 0. The fourth-order valence-electron chi connectivity index (χ4n) is 2.85. The Morgan fingerprint density at radius 3 is 2.33 bits per heavy atom. The summed E-state index contributed by atoms with van der Waals surface area (Å²) in [6.07, 6.45) is 0. The molecule has 0 saturated heterocycles. The van der Waals surface area contributed by atoms with Gasteiger partial charge in [0.25, 0.3) is 5.91 Å². The van der Waals surface area contributed by atoms with E-state index < -0.39 is 11.8 Å². The van der Waals surface area contributed by atoms with Gasteiger partial charge in [-0.2, -0.15) is 0 Å². The van der Waals surface area contributed by atoms with Crippen LogP contribution in [0.2, 0.25) is 0 Å². The van der Waals surface area contributed by atoms with E-state index in [-0.39, 0.29) is 17.2 Å². The number of carbonyl (C=O) groups excluding carboxylic acids is 2. The highest BCUT2D eigenvalue weighted by molar-refractivity contribution is 6.02. The van der Waals surface area contributed by atoms with Crippen LogP contribution >= 0.6 is 0 Å². The van der Waals surface area contributed by atoms with E-state index in [0.717, 1.165) is 0 Å². The summed E-state index contributed by atoms with van der Waals surface area (Å²) in [6.45, 7) is 3.01. The maximum absolute atomic E-state index is 12.2. The Labute approximate surface area is 139 Å². The van der Waals surface area contributed by atoms with Gasteiger partial charge in [-0.15, -0.1) is 0 Å². The summed E-state index contributed by atoms with van der Waals surface area (Å²) < 4.78 is 15.9. The molecule has 7 heteroatoms. The summed E-state index contributed by atoms with van der Waals surface area (Å²) in [7, 11) is 3.01. The van der Waals surface area contributed by atoms with Crippen LogP contribution in [-0.4, -0.2) is 25.9 Å². The van der Waals surface area contributed by atoms with E-state index in [9.17, 15) is 9.59 Å². The number of allylic oxidation sites excluding steroid dienone is 2. The number of Topliss-reactive ketones (excluding diaryl/α,β-unsaturated/α-hetero) is 1. The van der Waals surface area contributed by atoms with E-state index in [1.807, 2.05) is 0 Å². The summed E-state index contributed by atoms with van der Waals surface area (Å²) in [5, 5.41) is 0. The monoisotopic (exact) mass is 332 g/mol. The molecule has 0 aromatic heterocycles. The predicted octanol–water partition coefficient (Wildman–Crippen LogP) is 1.34. The molecule has 128 valence electrons. The third-order valence-corrected chi connectivity index (χ3v) is 3.88. The van der Waals surface area contributed by atoms with Gasteiger partial charge in [-0.25, -0.2) is 0 Å². The van der Waals surface area contributed by atoms with Gasteiger partial charge in [0.2, 0.25) is 0 Å². The van der Waals surface area contributed by atoms with Crippen molar-refractivity contribution in [1.29, 1.82) is 0 Å². The molecule has 24 heavy (non-hydrogen) atoms. The third kappa shape index (κ3) is 2.92. The average Bonchev–Trinajstić information content (AvgIpc) is 2.52. The summed E-state index contributed by atoms with van der Waals surface area (Å²) in [5.41, 5.74) is 12.2. The van der Waals surface area contributed by atoms with E-state index in [1.165, 1.54) is 21.1 Å². The lowest BCUT2D eigenvalue weighted by molar-refractivity contribution is -0.115. The molecule has 1 aromatic rings. The zero-order chi connectivity index (χ0) is 18.0. The highest BCUT2D eigenvalue weighted by Crippen LogP contribution is 2.43. The maximum Gasteiger partial charge on any atom is 0.250 e. The predicted molar refractivity (Wildman–Crippen MR) is 87.2 cm³/mol. The van der Waals surface area contributed by atoms with Gasteiger partial charge in [0.15, 0.2) is 11.7 Å². The second-order valence-corrected chi connectivity index (χ2v) is 5.31. The normalized spacial score (nSPS) is 17.4. The first-order valence-electron chi connectivity index (χ1n) is 7.22. The van der Waals surface area contributed by atoms with Crippen molar-refractivity contribution in [2.75, 3.05) is 14.2 Å². The smallest absolute Gasteiger partial charge is 0.250 e. The number of hydrogen-bond donors (Lipinski definition) is 2. The largest absolute Gasteiger partial charge is 0.497 e. The van der Waals surface area contributed by atoms with E-state index in [1.54, 1.807) is 25.1 Å². The lowest BCUT2D eigenvalue weighted by atomic mass is 9.80. The molecule has 1 aliphatic rings. The van der Waals surface area contributed by atoms with Crippen molar-refractivity contribution in [3.63, 3.8) is 0 Å². The first kappa shape index (κ1) is 17.4. The van der Waals surface area contributed by atoms with Crippen molar-refractivity contribution >= 4 is 11.7 Å². The highest BCUT2D eigenvalue weighted by atomic mass is 16.5. The van der Waals surface area contributed by atoms with Crippen molar-refractivity contribution in [1.82, 2.24) is 0 Å². The van der Waals surface area contributed by atoms with Crippen molar-refractivity contribution in [3.8, 4) is 11.5 Å². The molecule has 0 saturated carbocycles. The van der Waals surface area contributed by atoms with E-state index >= 15 is 0 Å². The molecule has 1 amide bonds. The summed E-state index contributed by atoms with van der Waals surface area (Å²) in [5.74, 6) is -0.553. The molecule has 1 unspecified atom stereocenters. The molecular formula is C17H20N2O5. The first-order chi connectivity index (χ1) is 11.3. The van der Waals surface area contributed by atoms with E-state index in [0.29, 0.717) is 28.4 Å². The number of carbonyl (C=O) groups is 2. The van der Waals surface area contributed by atoms with Crippen molar-refractivity contribution in [3.05, 3.63) is 46.6 Å². The second-order valence-electron chi connectivity index (χ2n) is 5.31. The van der Waals surface area contributed by atoms with Crippen LogP contribution in [0.4, 0.5) is 0 Å². The van der Waals surface area contributed by atoms with Crippen LogP contribution in [0.25, 0.3) is 0 Å².